The Bertz CT molecular complexity index is 533. The van der Waals surface area contributed by atoms with Crippen molar-refractivity contribution in [2.45, 2.75) is 19.0 Å². The van der Waals surface area contributed by atoms with Crippen LogP contribution in [-0.4, -0.2) is 28.7 Å². The smallest absolute Gasteiger partial charge is 0.322 e. The molecule has 2 aromatic heterocycles. The highest BCUT2D eigenvalue weighted by molar-refractivity contribution is 5.75. The second kappa shape index (κ2) is 5.71. The molecule has 0 aliphatic rings. The highest BCUT2D eigenvalue weighted by Crippen LogP contribution is 2.21. The number of nitrogens with zero attached hydrogens (tertiary/aromatic N) is 2. The van der Waals surface area contributed by atoms with Gasteiger partial charge in [-0.05, 0) is 19.1 Å². The quantitative estimate of drug-likeness (QED) is 0.822. The maximum atomic E-state index is 11.5. The summed E-state index contributed by atoms with van der Waals surface area (Å²) in [5, 5.41) is 3.16. The molecule has 2 atom stereocenters. The van der Waals surface area contributed by atoms with Crippen LogP contribution in [0.15, 0.2) is 35.2 Å². The molecular weight excluding hydrogens is 246 g/mol. The molecule has 0 spiro atoms. The van der Waals surface area contributed by atoms with Gasteiger partial charge < -0.3 is 13.7 Å². The predicted molar refractivity (Wildman–Crippen MR) is 68.4 cm³/mol. The van der Waals surface area contributed by atoms with Crippen LogP contribution in [0.25, 0.3) is 0 Å². The molecule has 2 rings (SSSR count). The van der Waals surface area contributed by atoms with E-state index in [9.17, 15) is 4.79 Å². The lowest BCUT2D eigenvalue weighted by Gasteiger charge is -2.20. The van der Waals surface area contributed by atoms with Crippen LogP contribution in [0.4, 0.5) is 0 Å². The summed E-state index contributed by atoms with van der Waals surface area (Å²) in [5.74, 6) is 1.14. The van der Waals surface area contributed by atoms with E-state index >= 15 is 0 Å². The van der Waals surface area contributed by atoms with E-state index in [2.05, 4.69) is 10.3 Å². The van der Waals surface area contributed by atoms with Crippen molar-refractivity contribution in [2.24, 2.45) is 7.05 Å². The van der Waals surface area contributed by atoms with Gasteiger partial charge in [-0.25, -0.2) is 4.98 Å². The number of hydrogen-bond donors (Lipinski definition) is 1. The molecule has 0 fully saturated rings. The van der Waals surface area contributed by atoms with Gasteiger partial charge in [-0.2, -0.15) is 0 Å². The average molecular weight is 263 g/mol. The number of methoxy groups -OCH3 is 1. The number of ether oxygens (including phenoxy) is 1. The van der Waals surface area contributed by atoms with E-state index < -0.39 is 6.04 Å². The lowest BCUT2D eigenvalue weighted by Crippen LogP contribution is -2.38. The fourth-order valence-corrected chi connectivity index (χ4v) is 1.89. The number of furan rings is 1. The Hall–Kier alpha value is -2.08. The Morgan fingerprint density at radius 2 is 2.37 bits per heavy atom. The Kier molecular flexibility index (Phi) is 4.01. The number of esters is 1. The molecule has 0 aromatic carbocycles. The van der Waals surface area contributed by atoms with E-state index in [0.717, 1.165) is 5.82 Å². The van der Waals surface area contributed by atoms with Crippen LogP contribution in [0.5, 0.6) is 0 Å². The van der Waals surface area contributed by atoms with Gasteiger partial charge in [0.1, 0.15) is 23.7 Å². The van der Waals surface area contributed by atoms with Crippen molar-refractivity contribution in [3.8, 4) is 0 Å². The Labute approximate surface area is 111 Å². The fraction of sp³-hybridized carbons (Fsp3) is 0.385. The lowest BCUT2D eigenvalue weighted by atomic mass is 10.1. The van der Waals surface area contributed by atoms with Crippen LogP contribution in [0.1, 0.15) is 24.6 Å². The molecule has 2 aromatic rings. The van der Waals surface area contributed by atoms with Crippen LogP contribution in [0.2, 0.25) is 0 Å². The second-order valence-electron chi connectivity index (χ2n) is 4.26. The Morgan fingerprint density at radius 1 is 1.58 bits per heavy atom. The second-order valence-corrected chi connectivity index (χ2v) is 4.26. The lowest BCUT2D eigenvalue weighted by molar-refractivity contribution is -0.142. The Morgan fingerprint density at radius 3 is 2.89 bits per heavy atom. The molecule has 0 bridgehead atoms. The van der Waals surface area contributed by atoms with Gasteiger partial charge >= 0.3 is 5.97 Å². The standard InChI is InChI=1S/C13H17N3O3/c1-9(13(17)18-3)15-11(10-5-4-8-19-10)12-14-6-7-16(12)2/h4-9,11,15H,1-3H3/t9-,11?/m0/s1. The minimum atomic E-state index is -0.461. The van der Waals surface area contributed by atoms with Crippen LogP contribution in [-0.2, 0) is 16.6 Å². The third-order valence-corrected chi connectivity index (χ3v) is 2.92. The molecule has 0 amide bonds. The molecule has 19 heavy (non-hydrogen) atoms. The minimum absolute atomic E-state index is 0.302. The van der Waals surface area contributed by atoms with Crippen molar-refractivity contribution in [3.05, 3.63) is 42.4 Å². The average Bonchev–Trinajstić information content (AvgIpc) is 3.06. The summed E-state index contributed by atoms with van der Waals surface area (Å²) in [6.45, 7) is 1.74. The monoisotopic (exact) mass is 263 g/mol. The third-order valence-electron chi connectivity index (χ3n) is 2.92. The molecule has 6 nitrogen and oxygen atoms in total. The zero-order valence-electron chi connectivity index (χ0n) is 11.2. The summed E-state index contributed by atoms with van der Waals surface area (Å²) in [6, 6.07) is 2.88. The number of carbonyl (C=O) groups is 1. The molecule has 2 heterocycles. The normalized spacial score (nSPS) is 14.1. The Balaban J connectivity index is 2.26. The van der Waals surface area contributed by atoms with Crippen molar-refractivity contribution in [3.63, 3.8) is 0 Å². The fourth-order valence-electron chi connectivity index (χ4n) is 1.89. The van der Waals surface area contributed by atoms with E-state index in [1.54, 1.807) is 25.5 Å². The van der Waals surface area contributed by atoms with Gasteiger partial charge in [-0.15, -0.1) is 0 Å². The number of aryl methyl sites for hydroxylation is 1. The molecule has 0 radical (unpaired) electrons. The van der Waals surface area contributed by atoms with Gasteiger partial charge in [0.25, 0.3) is 0 Å². The van der Waals surface area contributed by atoms with Gasteiger partial charge in [-0.1, -0.05) is 0 Å². The van der Waals surface area contributed by atoms with Gasteiger partial charge in [0.05, 0.1) is 13.4 Å². The largest absolute Gasteiger partial charge is 0.468 e. The maximum absolute atomic E-state index is 11.5. The van der Waals surface area contributed by atoms with E-state index in [4.69, 9.17) is 9.15 Å². The molecular formula is C13H17N3O3. The first-order valence-corrected chi connectivity index (χ1v) is 5.98. The molecule has 0 aliphatic carbocycles. The van der Waals surface area contributed by atoms with Crippen molar-refractivity contribution >= 4 is 5.97 Å². The minimum Gasteiger partial charge on any atom is -0.468 e. The third kappa shape index (κ3) is 2.85. The van der Waals surface area contributed by atoms with E-state index in [-0.39, 0.29) is 12.0 Å². The van der Waals surface area contributed by atoms with Crippen LogP contribution in [0.3, 0.4) is 0 Å². The van der Waals surface area contributed by atoms with Crippen molar-refractivity contribution < 1.29 is 13.9 Å². The maximum Gasteiger partial charge on any atom is 0.322 e. The molecule has 1 unspecified atom stereocenters. The molecule has 102 valence electrons. The molecule has 0 aliphatic heterocycles. The van der Waals surface area contributed by atoms with Crippen molar-refractivity contribution in [2.75, 3.05) is 7.11 Å². The SMILES string of the molecule is COC(=O)[C@H](C)NC(c1ccco1)c1nccn1C. The number of rotatable bonds is 5. The molecule has 0 saturated carbocycles. The van der Waals surface area contributed by atoms with Gasteiger partial charge in [0.2, 0.25) is 0 Å². The van der Waals surface area contributed by atoms with Crippen molar-refractivity contribution in [1.82, 2.24) is 14.9 Å². The topological polar surface area (TPSA) is 69.3 Å². The molecule has 1 N–H and O–H groups in total. The number of hydrogen-bond acceptors (Lipinski definition) is 5. The van der Waals surface area contributed by atoms with Crippen LogP contribution < -0.4 is 5.32 Å². The van der Waals surface area contributed by atoms with Gasteiger partial charge in [0.15, 0.2) is 0 Å². The highest BCUT2D eigenvalue weighted by Gasteiger charge is 2.25. The molecule has 6 heteroatoms. The highest BCUT2D eigenvalue weighted by atomic mass is 16.5. The summed E-state index contributed by atoms with van der Waals surface area (Å²) in [4.78, 5) is 15.8. The van der Waals surface area contributed by atoms with E-state index in [0.29, 0.717) is 5.76 Å². The first kappa shape index (κ1) is 13.4. The predicted octanol–water partition coefficient (Wildman–Crippen LogP) is 1.25. The zero-order chi connectivity index (χ0) is 13.8. The summed E-state index contributed by atoms with van der Waals surface area (Å²) in [6.07, 6.45) is 5.14. The van der Waals surface area contributed by atoms with Crippen LogP contribution in [0, 0.1) is 0 Å². The first-order valence-electron chi connectivity index (χ1n) is 5.98. The zero-order valence-corrected chi connectivity index (χ0v) is 11.2. The summed E-state index contributed by atoms with van der Waals surface area (Å²) >= 11 is 0. The van der Waals surface area contributed by atoms with Crippen LogP contribution >= 0.6 is 0 Å². The number of carbonyl (C=O) groups excluding carboxylic acids is 1. The number of aromatic nitrogens is 2. The van der Waals surface area contributed by atoms with E-state index in [1.165, 1.54) is 7.11 Å². The summed E-state index contributed by atoms with van der Waals surface area (Å²) in [5.41, 5.74) is 0. The first-order chi connectivity index (χ1) is 9.13. The number of nitrogens with one attached hydrogen (secondary N) is 1. The van der Waals surface area contributed by atoms with Gasteiger partial charge in [-0.3, -0.25) is 10.1 Å². The van der Waals surface area contributed by atoms with E-state index in [1.807, 2.05) is 23.9 Å². The van der Waals surface area contributed by atoms with Gasteiger partial charge in [0, 0.05) is 19.4 Å². The summed E-state index contributed by atoms with van der Waals surface area (Å²) in [7, 11) is 3.26. The van der Waals surface area contributed by atoms with Crippen molar-refractivity contribution in [1.29, 1.82) is 0 Å². The molecule has 0 saturated heterocycles. The summed E-state index contributed by atoms with van der Waals surface area (Å²) < 4.78 is 12.0. The number of imidazole rings is 1.